The first-order valence-corrected chi connectivity index (χ1v) is 10.1. The minimum absolute atomic E-state index is 0.0967. The van der Waals surface area contributed by atoms with Crippen molar-refractivity contribution in [2.45, 2.75) is 25.2 Å². The number of rotatable bonds is 5. The first-order valence-electron chi connectivity index (χ1n) is 10.1. The van der Waals surface area contributed by atoms with Gasteiger partial charge in [-0.15, -0.1) is 0 Å². The molecule has 1 fully saturated rings. The zero-order valence-corrected chi connectivity index (χ0v) is 16.7. The van der Waals surface area contributed by atoms with Crippen LogP contribution in [0.5, 0.6) is 0 Å². The third-order valence-electron chi connectivity index (χ3n) is 5.51. The minimum Gasteiger partial charge on any atom is -0.366 e. The molecule has 0 spiro atoms. The molecule has 0 saturated carbocycles. The van der Waals surface area contributed by atoms with E-state index in [0.717, 1.165) is 41.9 Å². The Labute approximate surface area is 175 Å². The number of hydrogen-bond donors (Lipinski definition) is 1. The number of hydrogen-bond acceptors (Lipinski definition) is 4. The highest BCUT2D eigenvalue weighted by Crippen LogP contribution is 2.32. The smallest absolute Gasteiger partial charge is 0.248 e. The third-order valence-corrected chi connectivity index (χ3v) is 5.51. The van der Waals surface area contributed by atoms with E-state index in [1.54, 1.807) is 30.6 Å². The Morgan fingerprint density at radius 3 is 2.63 bits per heavy atom. The molecule has 1 aliphatic heterocycles. The molecule has 0 bridgehead atoms. The lowest BCUT2D eigenvalue weighted by molar-refractivity contribution is -0.131. The highest BCUT2D eigenvalue weighted by atomic mass is 16.2. The van der Waals surface area contributed by atoms with Crippen molar-refractivity contribution in [3.8, 4) is 11.3 Å². The van der Waals surface area contributed by atoms with Gasteiger partial charge in [-0.3, -0.25) is 19.6 Å². The normalized spacial score (nSPS) is 16.3. The molecule has 30 heavy (non-hydrogen) atoms. The van der Waals surface area contributed by atoms with Crippen LogP contribution in [0.15, 0.2) is 67.0 Å². The van der Waals surface area contributed by atoms with E-state index in [1.165, 1.54) is 0 Å². The fourth-order valence-electron chi connectivity index (χ4n) is 4.00. The number of piperidine rings is 1. The van der Waals surface area contributed by atoms with Crippen LogP contribution < -0.4 is 5.73 Å². The number of nitrogens with two attached hydrogens (primary N) is 1. The summed E-state index contributed by atoms with van der Waals surface area (Å²) in [6, 6.07) is 16.9. The van der Waals surface area contributed by atoms with Gasteiger partial charge in [0.25, 0.3) is 0 Å². The second-order valence-electron chi connectivity index (χ2n) is 7.58. The molecule has 0 radical (unpaired) electrons. The molecule has 1 aromatic heterocycles. The Kier molecular flexibility index (Phi) is 5.84. The number of benzene rings is 2. The maximum atomic E-state index is 12.9. The summed E-state index contributed by atoms with van der Waals surface area (Å²) < 4.78 is 0. The Hall–Kier alpha value is -3.54. The molecule has 2 N–H and O–H groups in total. The fourth-order valence-corrected chi connectivity index (χ4v) is 4.00. The summed E-state index contributed by atoms with van der Waals surface area (Å²) in [6.07, 6.45) is 5.60. The van der Waals surface area contributed by atoms with Crippen molar-refractivity contribution in [3.63, 3.8) is 0 Å². The molecule has 3 aromatic rings. The number of amides is 2. The second-order valence-corrected chi connectivity index (χ2v) is 7.58. The van der Waals surface area contributed by atoms with Crippen LogP contribution in [-0.2, 0) is 11.2 Å². The lowest BCUT2D eigenvalue weighted by atomic mass is 9.91. The van der Waals surface area contributed by atoms with E-state index in [9.17, 15) is 9.59 Å². The topological polar surface area (TPSA) is 89.2 Å². The summed E-state index contributed by atoms with van der Waals surface area (Å²) in [7, 11) is 0. The zero-order valence-electron chi connectivity index (χ0n) is 16.7. The van der Waals surface area contributed by atoms with Crippen LogP contribution >= 0.6 is 0 Å². The molecule has 152 valence electrons. The molecule has 2 aromatic carbocycles. The predicted molar refractivity (Wildman–Crippen MR) is 115 cm³/mol. The molecular weight excluding hydrogens is 376 g/mol. The molecular formula is C24H24N4O2. The summed E-state index contributed by atoms with van der Waals surface area (Å²) >= 11 is 0. The van der Waals surface area contributed by atoms with Crippen LogP contribution in [0.25, 0.3) is 11.3 Å². The van der Waals surface area contributed by atoms with Gasteiger partial charge in [0.2, 0.25) is 11.8 Å². The van der Waals surface area contributed by atoms with Crippen LogP contribution in [-0.4, -0.2) is 39.8 Å². The molecule has 4 rings (SSSR count). The number of primary amides is 1. The van der Waals surface area contributed by atoms with Gasteiger partial charge in [-0.1, -0.05) is 42.5 Å². The summed E-state index contributed by atoms with van der Waals surface area (Å²) in [5, 5.41) is 0. The van der Waals surface area contributed by atoms with Crippen molar-refractivity contribution in [2.24, 2.45) is 5.73 Å². The Bertz CT molecular complexity index is 1050. The van der Waals surface area contributed by atoms with E-state index in [1.807, 2.05) is 41.3 Å². The Morgan fingerprint density at radius 1 is 1.03 bits per heavy atom. The Morgan fingerprint density at radius 2 is 1.83 bits per heavy atom. The SMILES string of the molecule is NC(=O)c1cccc(-c2nccnc2C2CCCN(C(=O)Cc3ccccc3)C2)c1. The van der Waals surface area contributed by atoms with Gasteiger partial charge in [-0.2, -0.15) is 0 Å². The minimum atomic E-state index is -0.474. The van der Waals surface area contributed by atoms with Crippen LogP contribution in [0.2, 0.25) is 0 Å². The molecule has 1 atom stereocenters. The van der Waals surface area contributed by atoms with Gasteiger partial charge >= 0.3 is 0 Å². The van der Waals surface area contributed by atoms with E-state index in [2.05, 4.69) is 9.97 Å². The number of aromatic nitrogens is 2. The van der Waals surface area contributed by atoms with E-state index in [-0.39, 0.29) is 11.8 Å². The largest absolute Gasteiger partial charge is 0.366 e. The van der Waals surface area contributed by atoms with Gasteiger partial charge < -0.3 is 10.6 Å². The van der Waals surface area contributed by atoms with Crippen molar-refractivity contribution in [1.29, 1.82) is 0 Å². The molecule has 1 aliphatic rings. The van der Waals surface area contributed by atoms with Crippen molar-refractivity contribution in [2.75, 3.05) is 13.1 Å². The van der Waals surface area contributed by atoms with Crippen LogP contribution in [0.4, 0.5) is 0 Å². The summed E-state index contributed by atoms with van der Waals surface area (Å²) in [5.41, 5.74) is 9.30. The highest BCUT2D eigenvalue weighted by Gasteiger charge is 2.28. The molecule has 2 heterocycles. The molecule has 2 amide bonds. The van der Waals surface area contributed by atoms with Gasteiger partial charge in [0.15, 0.2) is 0 Å². The van der Waals surface area contributed by atoms with Gasteiger partial charge in [-0.05, 0) is 30.5 Å². The first kappa shape index (κ1) is 19.8. The van der Waals surface area contributed by atoms with Gasteiger partial charge in [0, 0.05) is 42.5 Å². The van der Waals surface area contributed by atoms with Crippen molar-refractivity contribution < 1.29 is 9.59 Å². The Balaban J connectivity index is 1.56. The third kappa shape index (κ3) is 4.38. The quantitative estimate of drug-likeness (QED) is 0.712. The summed E-state index contributed by atoms with van der Waals surface area (Å²) in [6.45, 7) is 1.38. The highest BCUT2D eigenvalue weighted by molar-refractivity contribution is 5.94. The van der Waals surface area contributed by atoms with E-state index in [4.69, 9.17) is 5.73 Å². The van der Waals surface area contributed by atoms with Gasteiger partial charge in [0.1, 0.15) is 0 Å². The number of carbonyl (C=O) groups is 2. The summed E-state index contributed by atoms with van der Waals surface area (Å²) in [5.74, 6) is -0.246. The molecule has 6 heteroatoms. The van der Waals surface area contributed by atoms with E-state index >= 15 is 0 Å². The van der Waals surface area contributed by atoms with Crippen molar-refractivity contribution in [1.82, 2.24) is 14.9 Å². The van der Waals surface area contributed by atoms with Gasteiger partial charge in [-0.25, -0.2) is 0 Å². The predicted octanol–water partition coefficient (Wildman–Crippen LogP) is 3.19. The van der Waals surface area contributed by atoms with E-state index in [0.29, 0.717) is 18.5 Å². The summed E-state index contributed by atoms with van der Waals surface area (Å²) in [4.78, 5) is 35.5. The standard InChI is InChI=1S/C24H24N4O2/c25-24(30)19-9-4-8-18(15-19)22-23(27-12-11-26-22)20-10-5-13-28(16-20)21(29)14-17-6-2-1-3-7-17/h1-4,6-9,11-12,15,20H,5,10,13-14,16H2,(H2,25,30). The van der Waals surface area contributed by atoms with E-state index < -0.39 is 5.91 Å². The second kappa shape index (κ2) is 8.86. The monoisotopic (exact) mass is 400 g/mol. The lowest BCUT2D eigenvalue weighted by Crippen LogP contribution is -2.40. The maximum absolute atomic E-state index is 12.9. The van der Waals surface area contributed by atoms with Crippen LogP contribution in [0.3, 0.4) is 0 Å². The first-order chi connectivity index (χ1) is 14.6. The molecule has 6 nitrogen and oxygen atoms in total. The molecule has 1 unspecified atom stereocenters. The number of carbonyl (C=O) groups excluding carboxylic acids is 2. The zero-order chi connectivity index (χ0) is 20.9. The lowest BCUT2D eigenvalue weighted by Gasteiger charge is -2.33. The number of nitrogens with zero attached hydrogens (tertiary/aromatic N) is 3. The van der Waals surface area contributed by atoms with Crippen LogP contribution in [0.1, 0.15) is 40.4 Å². The van der Waals surface area contributed by atoms with Gasteiger partial charge in [0.05, 0.1) is 17.8 Å². The molecule has 1 saturated heterocycles. The average molecular weight is 400 g/mol. The fraction of sp³-hybridized carbons (Fsp3) is 0.250. The average Bonchev–Trinajstić information content (AvgIpc) is 2.80. The van der Waals surface area contributed by atoms with Crippen molar-refractivity contribution in [3.05, 3.63) is 83.8 Å². The number of likely N-dealkylation sites (tertiary alicyclic amines) is 1. The van der Waals surface area contributed by atoms with Crippen LogP contribution in [0, 0.1) is 0 Å². The maximum Gasteiger partial charge on any atom is 0.248 e. The molecule has 0 aliphatic carbocycles. The van der Waals surface area contributed by atoms with Crippen molar-refractivity contribution >= 4 is 11.8 Å².